The van der Waals surface area contributed by atoms with E-state index < -0.39 is 0 Å². The van der Waals surface area contributed by atoms with Crippen LogP contribution < -0.4 is 0 Å². The Labute approximate surface area is 97.9 Å². The summed E-state index contributed by atoms with van der Waals surface area (Å²) in [4.78, 5) is 18.6. The number of thiazole rings is 1. The predicted molar refractivity (Wildman–Crippen MR) is 60.2 cm³/mol. The number of amides is 1. The maximum absolute atomic E-state index is 12.1. The average Bonchev–Trinajstić information content (AvgIpc) is 2.96. The molecule has 2 fully saturated rings. The lowest BCUT2D eigenvalue weighted by molar-refractivity contribution is 0.0757. The molecule has 2 heterocycles. The Balaban J connectivity index is 1.73. The van der Waals surface area contributed by atoms with Crippen LogP contribution in [0.1, 0.15) is 22.5 Å². The van der Waals surface area contributed by atoms with E-state index in [1.807, 2.05) is 4.90 Å². The van der Waals surface area contributed by atoms with Gasteiger partial charge in [-0.1, -0.05) is 0 Å². The molecular formula is C11H14N2O2S. The van der Waals surface area contributed by atoms with Gasteiger partial charge in [0.05, 0.1) is 17.8 Å². The van der Waals surface area contributed by atoms with Crippen molar-refractivity contribution in [1.82, 2.24) is 9.88 Å². The van der Waals surface area contributed by atoms with Crippen LogP contribution in [0.15, 0.2) is 11.7 Å². The zero-order valence-electron chi connectivity index (χ0n) is 8.87. The van der Waals surface area contributed by atoms with Gasteiger partial charge >= 0.3 is 0 Å². The molecule has 1 amide bonds. The van der Waals surface area contributed by atoms with Crippen LogP contribution in [0.5, 0.6) is 0 Å². The third-order valence-electron chi connectivity index (χ3n) is 3.75. The molecule has 2 aliphatic rings. The maximum Gasteiger partial charge on any atom is 0.265 e. The molecule has 0 radical (unpaired) electrons. The summed E-state index contributed by atoms with van der Waals surface area (Å²) in [6, 6.07) is 0. The minimum atomic E-state index is -0.204. The van der Waals surface area contributed by atoms with Crippen molar-refractivity contribution in [3.63, 3.8) is 0 Å². The molecule has 1 aliphatic heterocycles. The van der Waals surface area contributed by atoms with Crippen molar-refractivity contribution in [1.29, 1.82) is 0 Å². The van der Waals surface area contributed by atoms with Gasteiger partial charge in [-0.2, -0.15) is 0 Å². The molecule has 5 heteroatoms. The molecule has 0 spiro atoms. The third kappa shape index (κ3) is 1.55. The molecule has 3 atom stereocenters. The number of carbonyl (C=O) groups excluding carboxylic acids is 1. The second kappa shape index (κ2) is 3.82. The first kappa shape index (κ1) is 10.2. The van der Waals surface area contributed by atoms with Gasteiger partial charge in [-0.25, -0.2) is 0 Å². The number of hydrogen-bond acceptors (Lipinski definition) is 4. The first-order valence-electron chi connectivity index (χ1n) is 5.61. The Morgan fingerprint density at radius 3 is 3.06 bits per heavy atom. The van der Waals surface area contributed by atoms with Crippen molar-refractivity contribution in [2.24, 2.45) is 11.8 Å². The largest absolute Gasteiger partial charge is 0.393 e. The fourth-order valence-electron chi connectivity index (χ4n) is 2.88. The summed E-state index contributed by atoms with van der Waals surface area (Å²) < 4.78 is 0. The number of nitrogens with zero attached hydrogens (tertiary/aromatic N) is 2. The minimum Gasteiger partial charge on any atom is -0.393 e. The Kier molecular flexibility index (Phi) is 2.44. The van der Waals surface area contributed by atoms with Crippen LogP contribution in [0.25, 0.3) is 0 Å². The van der Waals surface area contributed by atoms with Crippen LogP contribution in [0.3, 0.4) is 0 Å². The molecule has 1 N–H and O–H groups in total. The fraction of sp³-hybridized carbons (Fsp3) is 0.636. The van der Waals surface area contributed by atoms with Gasteiger partial charge in [-0.3, -0.25) is 9.78 Å². The molecule has 4 nitrogen and oxygen atoms in total. The van der Waals surface area contributed by atoms with Crippen LogP contribution in [-0.2, 0) is 0 Å². The molecule has 1 aliphatic carbocycles. The van der Waals surface area contributed by atoms with E-state index in [1.165, 1.54) is 11.3 Å². The van der Waals surface area contributed by atoms with E-state index in [4.69, 9.17) is 0 Å². The highest BCUT2D eigenvalue weighted by Crippen LogP contribution is 2.38. The van der Waals surface area contributed by atoms with Crippen molar-refractivity contribution in [2.75, 3.05) is 13.1 Å². The monoisotopic (exact) mass is 238 g/mol. The molecule has 0 bridgehead atoms. The van der Waals surface area contributed by atoms with Gasteiger partial charge in [0.25, 0.3) is 5.91 Å². The summed E-state index contributed by atoms with van der Waals surface area (Å²) in [6.07, 6.45) is 3.37. The lowest BCUT2D eigenvalue weighted by Crippen LogP contribution is -2.30. The lowest BCUT2D eigenvalue weighted by Gasteiger charge is -2.17. The number of hydrogen-bond donors (Lipinski definition) is 1. The summed E-state index contributed by atoms with van der Waals surface area (Å²) >= 11 is 1.38. The number of aliphatic hydroxyl groups excluding tert-OH is 1. The Hall–Kier alpha value is -0.940. The summed E-state index contributed by atoms with van der Waals surface area (Å²) in [5, 5.41) is 9.78. The van der Waals surface area contributed by atoms with E-state index in [0.717, 1.165) is 19.4 Å². The Morgan fingerprint density at radius 2 is 2.38 bits per heavy atom. The highest BCUT2D eigenvalue weighted by atomic mass is 32.1. The Bertz CT molecular complexity index is 393. The highest BCUT2D eigenvalue weighted by molar-refractivity contribution is 7.11. The first-order valence-corrected chi connectivity index (χ1v) is 6.49. The number of carbonyl (C=O) groups is 1. The van der Waals surface area contributed by atoms with E-state index in [0.29, 0.717) is 23.3 Å². The highest BCUT2D eigenvalue weighted by Gasteiger charge is 2.43. The molecule has 16 heavy (non-hydrogen) atoms. The molecule has 3 rings (SSSR count). The van der Waals surface area contributed by atoms with Gasteiger partial charge < -0.3 is 10.0 Å². The van der Waals surface area contributed by atoms with Crippen molar-refractivity contribution >= 4 is 17.2 Å². The number of rotatable bonds is 1. The quantitative estimate of drug-likeness (QED) is 0.793. The summed E-state index contributed by atoms with van der Waals surface area (Å²) in [5.74, 6) is 0.882. The zero-order chi connectivity index (χ0) is 11.1. The first-order chi connectivity index (χ1) is 7.75. The topological polar surface area (TPSA) is 53.4 Å². The van der Waals surface area contributed by atoms with Gasteiger partial charge in [0.15, 0.2) is 0 Å². The van der Waals surface area contributed by atoms with Crippen molar-refractivity contribution in [2.45, 2.75) is 18.9 Å². The number of aromatic nitrogens is 1. The predicted octanol–water partition coefficient (Wildman–Crippen LogP) is 0.986. The molecule has 1 saturated heterocycles. The van der Waals surface area contributed by atoms with Gasteiger partial charge in [-0.15, -0.1) is 11.3 Å². The molecule has 86 valence electrons. The molecule has 1 aromatic rings. The van der Waals surface area contributed by atoms with Crippen molar-refractivity contribution in [3.05, 3.63) is 16.6 Å². The van der Waals surface area contributed by atoms with Crippen LogP contribution in [0.2, 0.25) is 0 Å². The summed E-state index contributed by atoms with van der Waals surface area (Å²) in [5.41, 5.74) is 1.68. The fourth-order valence-corrected chi connectivity index (χ4v) is 3.47. The second-order valence-corrected chi connectivity index (χ2v) is 5.53. The van der Waals surface area contributed by atoms with E-state index in [9.17, 15) is 9.90 Å². The van der Waals surface area contributed by atoms with E-state index in [1.54, 1.807) is 11.7 Å². The standard InChI is InChI=1S/C11H14N2O2S/c14-9-2-1-7-4-13(5-8(7)9)11(15)10-3-12-6-16-10/h3,6-9,14H,1-2,4-5H2. The third-order valence-corrected chi connectivity index (χ3v) is 4.51. The smallest absolute Gasteiger partial charge is 0.265 e. The van der Waals surface area contributed by atoms with Crippen molar-refractivity contribution < 1.29 is 9.90 Å². The van der Waals surface area contributed by atoms with E-state index in [-0.39, 0.29) is 12.0 Å². The van der Waals surface area contributed by atoms with Crippen LogP contribution in [-0.4, -0.2) is 40.1 Å². The summed E-state index contributed by atoms with van der Waals surface area (Å²) in [6.45, 7) is 1.51. The SMILES string of the molecule is O=C(c1cncs1)N1CC2CCC(O)C2C1. The van der Waals surface area contributed by atoms with E-state index >= 15 is 0 Å². The molecule has 3 unspecified atom stereocenters. The molecule has 0 aromatic carbocycles. The molecule has 1 saturated carbocycles. The van der Waals surface area contributed by atoms with E-state index in [2.05, 4.69) is 4.98 Å². The van der Waals surface area contributed by atoms with Crippen LogP contribution in [0.4, 0.5) is 0 Å². The Morgan fingerprint density at radius 1 is 1.50 bits per heavy atom. The van der Waals surface area contributed by atoms with Crippen molar-refractivity contribution in [3.8, 4) is 0 Å². The average molecular weight is 238 g/mol. The van der Waals surface area contributed by atoms with Crippen LogP contribution in [0, 0.1) is 11.8 Å². The van der Waals surface area contributed by atoms with Gasteiger partial charge in [-0.05, 0) is 18.8 Å². The maximum atomic E-state index is 12.1. The molecular weight excluding hydrogens is 224 g/mol. The van der Waals surface area contributed by atoms with Gasteiger partial charge in [0, 0.05) is 19.0 Å². The van der Waals surface area contributed by atoms with Gasteiger partial charge in [0.1, 0.15) is 4.88 Å². The number of aliphatic hydroxyl groups is 1. The molecule has 1 aromatic heterocycles. The minimum absolute atomic E-state index is 0.0732. The second-order valence-electron chi connectivity index (χ2n) is 4.64. The summed E-state index contributed by atoms with van der Waals surface area (Å²) in [7, 11) is 0. The normalized spacial score (nSPS) is 33.1. The van der Waals surface area contributed by atoms with Gasteiger partial charge in [0.2, 0.25) is 0 Å². The number of fused-ring (bicyclic) bond motifs is 1. The number of likely N-dealkylation sites (tertiary alicyclic amines) is 1. The van der Waals surface area contributed by atoms with Crippen LogP contribution >= 0.6 is 11.3 Å². The zero-order valence-corrected chi connectivity index (χ0v) is 9.69. The lowest BCUT2D eigenvalue weighted by atomic mass is 10.00.